The van der Waals surface area contributed by atoms with Gasteiger partial charge < -0.3 is 14.6 Å². The van der Waals surface area contributed by atoms with Crippen molar-refractivity contribution in [3.63, 3.8) is 0 Å². The number of nitrogens with zero attached hydrogens (tertiary/aromatic N) is 3. The van der Waals surface area contributed by atoms with Crippen LogP contribution in [0, 0.1) is 0 Å². The van der Waals surface area contributed by atoms with E-state index < -0.39 is 0 Å². The van der Waals surface area contributed by atoms with Crippen LogP contribution in [0.2, 0.25) is 0 Å². The van der Waals surface area contributed by atoms with Crippen LogP contribution in [-0.4, -0.2) is 38.3 Å². The molecule has 0 unspecified atom stereocenters. The molecule has 1 amide bonds. The number of amides is 1. The summed E-state index contributed by atoms with van der Waals surface area (Å²) < 4.78 is 7.58. The summed E-state index contributed by atoms with van der Waals surface area (Å²) in [6, 6.07) is 9.72. The van der Waals surface area contributed by atoms with E-state index in [4.69, 9.17) is 4.74 Å². The lowest BCUT2D eigenvalue weighted by Crippen LogP contribution is -2.25. The summed E-state index contributed by atoms with van der Waals surface area (Å²) in [5, 5.41) is 14.1. The first-order valence-electron chi connectivity index (χ1n) is 9.82. The molecule has 1 aliphatic carbocycles. The summed E-state index contributed by atoms with van der Waals surface area (Å²) in [6.07, 6.45) is 3.00. The molecule has 1 fully saturated rings. The number of thioether (sulfide) groups is 1. The molecule has 5 rings (SSSR count). The van der Waals surface area contributed by atoms with Crippen LogP contribution in [0.4, 0.5) is 5.69 Å². The fourth-order valence-corrected chi connectivity index (χ4v) is 5.18. The smallest absolute Gasteiger partial charge is 0.262 e. The number of thiophene rings is 1. The Morgan fingerprint density at radius 1 is 1.37 bits per heavy atom. The SMILES string of the molecule is C[C@@H](Sc1nnc(Cc2cccs2)n1C1CC1)C(=O)c1ccc2c(c1)NC(=O)CO2. The molecule has 1 aliphatic heterocycles. The van der Waals surface area contributed by atoms with Crippen molar-refractivity contribution in [1.29, 1.82) is 0 Å². The maximum atomic E-state index is 13.0. The van der Waals surface area contributed by atoms with Gasteiger partial charge in [0, 0.05) is 22.9 Å². The van der Waals surface area contributed by atoms with E-state index in [9.17, 15) is 9.59 Å². The summed E-state index contributed by atoms with van der Waals surface area (Å²) in [6.45, 7) is 1.88. The number of carbonyl (C=O) groups is 2. The Morgan fingerprint density at radius 3 is 3.00 bits per heavy atom. The largest absolute Gasteiger partial charge is 0.482 e. The van der Waals surface area contributed by atoms with Gasteiger partial charge in [0.1, 0.15) is 11.6 Å². The molecule has 1 atom stereocenters. The first kappa shape index (κ1) is 19.3. The average molecular weight is 441 g/mol. The van der Waals surface area contributed by atoms with Crippen molar-refractivity contribution < 1.29 is 14.3 Å². The van der Waals surface area contributed by atoms with Gasteiger partial charge >= 0.3 is 0 Å². The molecule has 3 aromatic rings. The second-order valence-corrected chi connectivity index (χ2v) is 9.77. The van der Waals surface area contributed by atoms with E-state index in [2.05, 4.69) is 31.5 Å². The van der Waals surface area contributed by atoms with Gasteiger partial charge in [0.05, 0.1) is 10.9 Å². The topological polar surface area (TPSA) is 86.1 Å². The number of fused-ring (bicyclic) bond motifs is 1. The number of nitrogens with one attached hydrogen (secondary N) is 1. The van der Waals surface area contributed by atoms with Crippen molar-refractivity contribution in [3.05, 3.63) is 52.0 Å². The number of ether oxygens (including phenoxy) is 1. The zero-order valence-electron chi connectivity index (χ0n) is 16.3. The van der Waals surface area contributed by atoms with E-state index >= 15 is 0 Å². The third-order valence-electron chi connectivity index (χ3n) is 5.11. The minimum absolute atomic E-state index is 0.00280. The van der Waals surface area contributed by atoms with Crippen molar-refractivity contribution >= 4 is 40.5 Å². The van der Waals surface area contributed by atoms with Crippen LogP contribution in [0.3, 0.4) is 0 Å². The first-order chi connectivity index (χ1) is 14.6. The highest BCUT2D eigenvalue weighted by molar-refractivity contribution is 8.00. The van der Waals surface area contributed by atoms with Crippen LogP contribution in [0.5, 0.6) is 5.75 Å². The molecule has 0 bridgehead atoms. The molecule has 1 N–H and O–H groups in total. The summed E-state index contributed by atoms with van der Waals surface area (Å²) in [7, 11) is 0. The van der Waals surface area contributed by atoms with Gasteiger partial charge in [-0.3, -0.25) is 9.59 Å². The number of anilines is 1. The van der Waals surface area contributed by atoms with Crippen molar-refractivity contribution in [1.82, 2.24) is 14.8 Å². The summed E-state index contributed by atoms with van der Waals surface area (Å²) in [4.78, 5) is 25.9. The number of benzene rings is 1. The lowest BCUT2D eigenvalue weighted by Gasteiger charge is -2.19. The highest BCUT2D eigenvalue weighted by atomic mass is 32.2. The van der Waals surface area contributed by atoms with Crippen molar-refractivity contribution in [3.8, 4) is 5.75 Å². The Hall–Kier alpha value is -2.65. The first-order valence-corrected chi connectivity index (χ1v) is 11.6. The Kier molecular flexibility index (Phi) is 5.08. The quantitative estimate of drug-likeness (QED) is 0.442. The van der Waals surface area contributed by atoms with Crippen LogP contribution in [0.1, 0.15) is 46.9 Å². The molecule has 154 valence electrons. The van der Waals surface area contributed by atoms with Gasteiger partial charge in [-0.25, -0.2) is 0 Å². The lowest BCUT2D eigenvalue weighted by molar-refractivity contribution is -0.118. The molecule has 0 saturated heterocycles. The Labute approximate surface area is 181 Å². The van der Waals surface area contributed by atoms with Gasteiger partial charge in [-0.05, 0) is 49.4 Å². The van der Waals surface area contributed by atoms with Crippen LogP contribution < -0.4 is 10.1 Å². The van der Waals surface area contributed by atoms with Crippen molar-refractivity contribution in [2.75, 3.05) is 11.9 Å². The second-order valence-electron chi connectivity index (χ2n) is 7.43. The minimum Gasteiger partial charge on any atom is -0.482 e. The fraction of sp³-hybridized carbons (Fsp3) is 0.333. The summed E-state index contributed by atoms with van der Waals surface area (Å²) in [5.74, 6) is 1.30. The van der Waals surface area contributed by atoms with Crippen LogP contribution in [-0.2, 0) is 11.2 Å². The van der Waals surface area contributed by atoms with Crippen LogP contribution in [0.25, 0.3) is 0 Å². The van der Waals surface area contributed by atoms with Gasteiger partial charge in [-0.2, -0.15) is 0 Å². The Morgan fingerprint density at radius 2 is 2.23 bits per heavy atom. The number of hydrogen-bond donors (Lipinski definition) is 1. The number of ketones is 1. The predicted octanol–water partition coefficient (Wildman–Crippen LogP) is 3.96. The molecular weight excluding hydrogens is 420 g/mol. The molecule has 0 spiro atoms. The van der Waals surface area contributed by atoms with Crippen LogP contribution >= 0.6 is 23.1 Å². The predicted molar refractivity (Wildman–Crippen MR) is 116 cm³/mol. The van der Waals surface area contributed by atoms with E-state index in [-0.39, 0.29) is 23.5 Å². The number of aromatic nitrogens is 3. The molecule has 2 aliphatic rings. The average Bonchev–Trinajstić information content (AvgIpc) is 3.30. The van der Waals surface area contributed by atoms with Gasteiger partial charge in [-0.1, -0.05) is 17.8 Å². The van der Waals surface area contributed by atoms with Gasteiger partial charge in [0.2, 0.25) is 0 Å². The highest BCUT2D eigenvalue weighted by Crippen LogP contribution is 2.40. The molecule has 7 nitrogen and oxygen atoms in total. The molecule has 1 aromatic carbocycles. The maximum Gasteiger partial charge on any atom is 0.262 e. The maximum absolute atomic E-state index is 13.0. The molecule has 1 saturated carbocycles. The third-order valence-corrected chi connectivity index (χ3v) is 7.04. The number of rotatable bonds is 7. The molecule has 0 radical (unpaired) electrons. The van der Waals surface area contributed by atoms with Gasteiger partial charge in [0.15, 0.2) is 17.5 Å². The van der Waals surface area contributed by atoms with E-state index in [0.29, 0.717) is 23.0 Å². The van der Waals surface area contributed by atoms with E-state index in [1.54, 1.807) is 29.5 Å². The second kappa shape index (κ2) is 7.88. The lowest BCUT2D eigenvalue weighted by atomic mass is 10.1. The summed E-state index contributed by atoms with van der Waals surface area (Å²) in [5.41, 5.74) is 1.07. The number of carbonyl (C=O) groups excluding carboxylic acids is 2. The van der Waals surface area contributed by atoms with E-state index in [1.807, 2.05) is 13.0 Å². The molecule has 2 aromatic heterocycles. The Balaban J connectivity index is 1.34. The van der Waals surface area contributed by atoms with Crippen LogP contribution in [0.15, 0.2) is 40.9 Å². The van der Waals surface area contributed by atoms with E-state index in [1.165, 1.54) is 16.6 Å². The van der Waals surface area contributed by atoms with E-state index in [0.717, 1.165) is 30.2 Å². The standard InChI is InChI=1S/C21H20N4O3S2/c1-12(20(27)13-4-7-17-16(9-13)22-19(26)11-28-17)30-21-24-23-18(25(21)14-5-6-14)10-15-3-2-8-29-15/h2-4,7-9,12,14H,5-6,10-11H2,1H3,(H,22,26)/t12-/m1/s1. The monoisotopic (exact) mass is 440 g/mol. The summed E-state index contributed by atoms with van der Waals surface area (Å²) >= 11 is 3.15. The molecular formula is C21H20N4O3S2. The Bertz CT molecular complexity index is 1110. The zero-order chi connectivity index (χ0) is 20.7. The highest BCUT2D eigenvalue weighted by Gasteiger charge is 2.31. The molecule has 30 heavy (non-hydrogen) atoms. The fourth-order valence-electron chi connectivity index (χ4n) is 3.46. The van der Waals surface area contributed by atoms with Crippen molar-refractivity contribution in [2.24, 2.45) is 0 Å². The molecule has 3 heterocycles. The number of Topliss-reactive ketones (excluding diaryl/α,β-unsaturated/α-hetero) is 1. The number of hydrogen-bond acceptors (Lipinski definition) is 7. The van der Waals surface area contributed by atoms with Crippen molar-refractivity contribution in [2.45, 2.75) is 42.6 Å². The normalized spacial score (nSPS) is 16.5. The zero-order valence-corrected chi connectivity index (χ0v) is 18.0. The minimum atomic E-state index is -0.334. The molecule has 9 heteroatoms. The van der Waals surface area contributed by atoms with Gasteiger partial charge in [-0.15, -0.1) is 21.5 Å². The van der Waals surface area contributed by atoms with Gasteiger partial charge in [0.25, 0.3) is 5.91 Å². The third kappa shape index (κ3) is 3.87.